The maximum absolute atomic E-state index is 14.5. The summed E-state index contributed by atoms with van der Waals surface area (Å²) in [6.07, 6.45) is 3.63. The lowest BCUT2D eigenvalue weighted by Gasteiger charge is -2.34. The number of amides is 1. The van der Waals surface area contributed by atoms with Gasteiger partial charge in [0.2, 0.25) is 5.91 Å². The molecule has 2 fully saturated rings. The predicted molar refractivity (Wildman–Crippen MR) is 113 cm³/mol. The van der Waals surface area contributed by atoms with Crippen molar-refractivity contribution in [1.82, 2.24) is 19.9 Å². The minimum Gasteiger partial charge on any atom is -0.350 e. The Kier molecular flexibility index (Phi) is 4.47. The summed E-state index contributed by atoms with van der Waals surface area (Å²) in [7, 11) is 0. The fourth-order valence-corrected chi connectivity index (χ4v) is 4.36. The summed E-state index contributed by atoms with van der Waals surface area (Å²) in [5.74, 6) is 0.431. The second-order valence-corrected chi connectivity index (χ2v) is 7.55. The second kappa shape index (κ2) is 7.32. The SMILES string of the molecule is C=CC(=O)N1C[C@@H]2C[C@H]1CN2c1ccc2ncnc(Nc3cccc(C#N)c3F)c2n1. The van der Waals surface area contributed by atoms with Crippen molar-refractivity contribution in [3.8, 4) is 6.07 Å². The number of likely N-dealkylation sites (tertiary alicyclic amines) is 1. The molecule has 0 saturated carbocycles. The van der Waals surface area contributed by atoms with Gasteiger partial charge in [-0.25, -0.2) is 19.3 Å². The number of nitrogens with one attached hydrogen (secondary N) is 1. The number of hydrogen-bond acceptors (Lipinski definition) is 7. The number of nitriles is 1. The molecule has 1 N–H and O–H groups in total. The first kappa shape index (κ1) is 18.9. The molecule has 4 heterocycles. The molecule has 0 spiro atoms. The number of aromatic nitrogens is 3. The van der Waals surface area contributed by atoms with Crippen LogP contribution in [0.15, 0.2) is 49.3 Å². The van der Waals surface area contributed by atoms with E-state index in [1.807, 2.05) is 23.1 Å². The zero-order chi connectivity index (χ0) is 21.5. The summed E-state index contributed by atoms with van der Waals surface area (Å²) in [4.78, 5) is 29.3. The number of rotatable bonds is 4. The van der Waals surface area contributed by atoms with Gasteiger partial charge in [0.1, 0.15) is 23.7 Å². The number of benzene rings is 1. The monoisotopic (exact) mass is 415 g/mol. The molecular formula is C22H18FN7O. The minimum absolute atomic E-state index is 0.0415. The summed E-state index contributed by atoms with van der Waals surface area (Å²) >= 11 is 0. The van der Waals surface area contributed by atoms with Crippen molar-refractivity contribution in [2.24, 2.45) is 0 Å². The maximum Gasteiger partial charge on any atom is 0.246 e. The van der Waals surface area contributed by atoms with Crippen LogP contribution in [0, 0.1) is 17.1 Å². The van der Waals surface area contributed by atoms with Gasteiger partial charge in [-0.05, 0) is 36.8 Å². The van der Waals surface area contributed by atoms with Gasteiger partial charge in [-0.2, -0.15) is 5.26 Å². The van der Waals surface area contributed by atoms with Crippen LogP contribution in [0.2, 0.25) is 0 Å². The molecule has 154 valence electrons. The molecule has 0 unspecified atom stereocenters. The zero-order valence-corrected chi connectivity index (χ0v) is 16.5. The Morgan fingerprint density at radius 3 is 2.87 bits per heavy atom. The fraction of sp³-hybridized carbons (Fsp3) is 0.227. The van der Waals surface area contributed by atoms with Crippen LogP contribution in [0.4, 0.5) is 21.7 Å². The largest absolute Gasteiger partial charge is 0.350 e. The number of fused-ring (bicyclic) bond motifs is 3. The summed E-state index contributed by atoms with van der Waals surface area (Å²) in [5.41, 5.74) is 1.21. The van der Waals surface area contributed by atoms with E-state index in [4.69, 9.17) is 10.2 Å². The van der Waals surface area contributed by atoms with E-state index >= 15 is 0 Å². The highest BCUT2D eigenvalue weighted by Crippen LogP contribution is 2.35. The van der Waals surface area contributed by atoms with Crippen LogP contribution >= 0.6 is 0 Å². The number of hydrogen-bond donors (Lipinski definition) is 1. The van der Waals surface area contributed by atoms with E-state index in [1.54, 1.807) is 12.1 Å². The quantitative estimate of drug-likeness (QED) is 0.654. The maximum atomic E-state index is 14.5. The number of carbonyl (C=O) groups excluding carboxylic acids is 1. The molecule has 2 aromatic heterocycles. The van der Waals surface area contributed by atoms with Crippen molar-refractivity contribution in [3.63, 3.8) is 0 Å². The van der Waals surface area contributed by atoms with E-state index in [1.165, 1.54) is 18.5 Å². The van der Waals surface area contributed by atoms with Gasteiger partial charge < -0.3 is 15.1 Å². The number of anilines is 3. The molecule has 2 aliphatic rings. The Labute approximate surface area is 177 Å². The van der Waals surface area contributed by atoms with Gasteiger partial charge in [0.25, 0.3) is 0 Å². The van der Waals surface area contributed by atoms with Gasteiger partial charge in [0.05, 0.1) is 28.9 Å². The van der Waals surface area contributed by atoms with Gasteiger partial charge in [0, 0.05) is 13.1 Å². The number of pyridine rings is 1. The molecule has 2 aliphatic heterocycles. The lowest BCUT2D eigenvalue weighted by atomic mass is 10.2. The zero-order valence-electron chi connectivity index (χ0n) is 16.5. The van der Waals surface area contributed by atoms with Gasteiger partial charge in [-0.15, -0.1) is 0 Å². The first-order valence-corrected chi connectivity index (χ1v) is 9.86. The third-order valence-electron chi connectivity index (χ3n) is 5.83. The van der Waals surface area contributed by atoms with E-state index in [0.717, 1.165) is 12.2 Å². The summed E-state index contributed by atoms with van der Waals surface area (Å²) < 4.78 is 14.5. The molecule has 2 saturated heterocycles. The molecule has 5 rings (SSSR count). The Morgan fingerprint density at radius 2 is 2.13 bits per heavy atom. The van der Waals surface area contributed by atoms with Crippen LogP contribution in [-0.2, 0) is 4.79 Å². The van der Waals surface area contributed by atoms with Crippen molar-refractivity contribution >= 4 is 34.3 Å². The van der Waals surface area contributed by atoms with Crippen molar-refractivity contribution in [2.75, 3.05) is 23.3 Å². The molecular weight excluding hydrogens is 397 g/mol. The van der Waals surface area contributed by atoms with Crippen LogP contribution in [0.25, 0.3) is 11.0 Å². The lowest BCUT2D eigenvalue weighted by molar-refractivity contribution is -0.127. The standard InChI is InChI=1S/C22H18FN7O/c1-2-19(31)30-11-14-8-15(30)10-29(14)18-7-6-17-21(28-18)22(26-12-25-17)27-16-5-3-4-13(9-24)20(16)23/h2-7,12,14-15H,1,8,10-11H2,(H,25,26,27)/t14-,15-/m0/s1. The molecule has 9 heteroatoms. The van der Waals surface area contributed by atoms with Crippen molar-refractivity contribution in [3.05, 3.63) is 60.7 Å². The van der Waals surface area contributed by atoms with Crippen LogP contribution in [-0.4, -0.2) is 50.9 Å². The highest BCUT2D eigenvalue weighted by molar-refractivity contribution is 5.89. The van der Waals surface area contributed by atoms with Crippen molar-refractivity contribution in [1.29, 1.82) is 5.26 Å². The normalized spacial score (nSPS) is 19.5. The molecule has 31 heavy (non-hydrogen) atoms. The minimum atomic E-state index is -0.642. The Bertz CT molecular complexity index is 1250. The third-order valence-corrected chi connectivity index (χ3v) is 5.83. The van der Waals surface area contributed by atoms with E-state index in [-0.39, 0.29) is 29.2 Å². The van der Waals surface area contributed by atoms with Gasteiger partial charge in [-0.3, -0.25) is 4.79 Å². The fourth-order valence-electron chi connectivity index (χ4n) is 4.36. The smallest absolute Gasteiger partial charge is 0.246 e. The molecule has 0 radical (unpaired) electrons. The van der Waals surface area contributed by atoms with E-state index in [2.05, 4.69) is 26.8 Å². The predicted octanol–water partition coefficient (Wildman–Crippen LogP) is 2.75. The second-order valence-electron chi connectivity index (χ2n) is 7.55. The van der Waals surface area contributed by atoms with Crippen LogP contribution in [0.1, 0.15) is 12.0 Å². The number of piperazine rings is 1. The topological polar surface area (TPSA) is 98.0 Å². The van der Waals surface area contributed by atoms with Crippen molar-refractivity contribution in [2.45, 2.75) is 18.5 Å². The lowest BCUT2D eigenvalue weighted by Crippen LogP contribution is -2.48. The van der Waals surface area contributed by atoms with E-state index < -0.39 is 5.82 Å². The molecule has 3 aromatic rings. The van der Waals surface area contributed by atoms with Crippen LogP contribution in [0.3, 0.4) is 0 Å². The number of nitrogens with zero attached hydrogens (tertiary/aromatic N) is 6. The Balaban J connectivity index is 1.47. The molecule has 8 nitrogen and oxygen atoms in total. The summed E-state index contributed by atoms with van der Waals surface area (Å²) in [6.45, 7) is 4.91. The molecule has 1 amide bonds. The highest BCUT2D eigenvalue weighted by Gasteiger charge is 2.45. The number of halogens is 1. The Hall–Kier alpha value is -4.06. The van der Waals surface area contributed by atoms with Gasteiger partial charge in [-0.1, -0.05) is 12.6 Å². The molecule has 1 aromatic carbocycles. The van der Waals surface area contributed by atoms with Crippen LogP contribution < -0.4 is 10.2 Å². The third kappa shape index (κ3) is 3.13. The van der Waals surface area contributed by atoms with Gasteiger partial charge >= 0.3 is 0 Å². The first-order chi connectivity index (χ1) is 15.1. The molecule has 0 aliphatic carbocycles. The average Bonchev–Trinajstić information content (AvgIpc) is 3.41. The molecule has 2 atom stereocenters. The van der Waals surface area contributed by atoms with E-state index in [0.29, 0.717) is 29.9 Å². The number of carbonyl (C=O) groups is 1. The Morgan fingerprint density at radius 1 is 1.26 bits per heavy atom. The molecule has 2 bridgehead atoms. The van der Waals surface area contributed by atoms with E-state index in [9.17, 15) is 9.18 Å². The summed E-state index contributed by atoms with van der Waals surface area (Å²) in [5, 5.41) is 12.0. The van der Waals surface area contributed by atoms with Crippen LogP contribution in [0.5, 0.6) is 0 Å². The summed E-state index contributed by atoms with van der Waals surface area (Å²) in [6, 6.07) is 10.5. The highest BCUT2D eigenvalue weighted by atomic mass is 19.1. The van der Waals surface area contributed by atoms with Crippen molar-refractivity contribution < 1.29 is 9.18 Å². The van der Waals surface area contributed by atoms with Gasteiger partial charge in [0.15, 0.2) is 11.6 Å². The average molecular weight is 415 g/mol. The first-order valence-electron chi connectivity index (χ1n) is 9.86.